The molecule has 0 heterocycles. The van der Waals surface area contributed by atoms with Crippen LogP contribution in [0.5, 0.6) is 0 Å². The zero-order chi connectivity index (χ0) is 18.8. The summed E-state index contributed by atoms with van der Waals surface area (Å²) in [4.78, 5) is 20.7. The van der Waals surface area contributed by atoms with Crippen LogP contribution in [-0.2, 0) is 4.79 Å². The molecule has 0 saturated carbocycles. The maximum absolute atomic E-state index is 11.0. The molecular weight excluding hydrogens is 318 g/mol. The van der Waals surface area contributed by atoms with Gasteiger partial charge in [-0.05, 0) is 32.1 Å². The first-order valence-electron chi connectivity index (χ1n) is 9.60. The van der Waals surface area contributed by atoms with Gasteiger partial charge in [0.1, 0.15) is 6.10 Å². The highest BCUT2D eigenvalue weighted by Gasteiger charge is 2.27. The Hall–Kier alpha value is -1.49. The summed E-state index contributed by atoms with van der Waals surface area (Å²) >= 11 is 0. The molecule has 25 heavy (non-hydrogen) atoms. The maximum atomic E-state index is 11.0. The molecule has 143 valence electrons. The summed E-state index contributed by atoms with van der Waals surface area (Å²) in [5.41, 5.74) is 0. The molecule has 0 aromatic rings. The second-order valence-corrected chi connectivity index (χ2v) is 6.43. The summed E-state index contributed by atoms with van der Waals surface area (Å²) < 4.78 is 0. The molecule has 2 atom stereocenters. The monoisotopic (exact) mass is 352 g/mol. The Morgan fingerprint density at radius 3 is 2.40 bits per heavy atom. The van der Waals surface area contributed by atoms with Gasteiger partial charge in [0.05, 0.1) is 0 Å². The zero-order valence-electron chi connectivity index (χ0n) is 15.6. The molecule has 0 saturated heterocycles. The summed E-state index contributed by atoms with van der Waals surface area (Å²) in [5, 5.41) is 20.9. The predicted octanol–water partition coefficient (Wildman–Crippen LogP) is 4.92. The van der Waals surface area contributed by atoms with E-state index in [0.29, 0.717) is 6.42 Å². The van der Waals surface area contributed by atoms with Crippen molar-refractivity contribution in [1.82, 2.24) is 0 Å². The summed E-state index contributed by atoms with van der Waals surface area (Å²) in [6.45, 7) is 2.22. The highest BCUT2D eigenvalue weighted by Crippen LogP contribution is 2.12. The Morgan fingerprint density at radius 1 is 1.04 bits per heavy atom. The quantitative estimate of drug-likeness (QED) is 0.174. The van der Waals surface area contributed by atoms with Crippen LogP contribution in [0.2, 0.25) is 0 Å². The molecule has 0 aromatic heterocycles. The van der Waals surface area contributed by atoms with Crippen molar-refractivity contribution in [2.45, 2.75) is 96.1 Å². The van der Waals surface area contributed by atoms with Crippen molar-refractivity contribution in [1.29, 1.82) is 0 Å². The molecule has 2 unspecified atom stereocenters. The molecule has 0 amide bonds. The number of hydrogen-bond donors (Lipinski definition) is 1. The molecule has 5 nitrogen and oxygen atoms in total. The van der Waals surface area contributed by atoms with Crippen molar-refractivity contribution >= 4 is 6.29 Å². The summed E-state index contributed by atoms with van der Waals surface area (Å²) in [6, 6.07) is -1.00. The number of aliphatic hydroxyl groups excluding tert-OH is 1. The smallest absolute Gasteiger partial charge is 0.241 e. The first-order chi connectivity index (χ1) is 12.1. The van der Waals surface area contributed by atoms with Gasteiger partial charge in [0.2, 0.25) is 6.04 Å². The minimum absolute atomic E-state index is 0.209. The Morgan fingerprint density at radius 2 is 1.72 bits per heavy atom. The molecule has 1 N–H and O–H groups in total. The second kappa shape index (κ2) is 17.3. The number of nitrogens with zero attached hydrogens (tertiary/aromatic N) is 1. The molecule has 0 aliphatic carbocycles. The Kier molecular flexibility index (Phi) is 16.3. The van der Waals surface area contributed by atoms with Crippen molar-refractivity contribution < 1.29 is 14.8 Å². The van der Waals surface area contributed by atoms with Gasteiger partial charge in [0.25, 0.3) is 0 Å². The normalized spacial score (nSPS) is 14.2. The first-order valence-corrected chi connectivity index (χ1v) is 9.60. The lowest BCUT2D eigenvalue weighted by Crippen LogP contribution is -2.33. The Bertz CT molecular complexity index is 393. The van der Waals surface area contributed by atoms with Gasteiger partial charge >= 0.3 is 0 Å². The lowest BCUT2D eigenvalue weighted by Gasteiger charge is -2.13. The first kappa shape index (κ1) is 23.5. The lowest BCUT2D eigenvalue weighted by atomic mass is 10.0. The van der Waals surface area contributed by atoms with Crippen LogP contribution in [0.25, 0.3) is 0 Å². The number of rotatable bonds is 17. The third-order valence-electron chi connectivity index (χ3n) is 4.20. The minimum Gasteiger partial charge on any atom is -0.386 e. The van der Waals surface area contributed by atoms with Crippen LogP contribution in [0.3, 0.4) is 0 Å². The van der Waals surface area contributed by atoms with E-state index in [1.165, 1.54) is 38.5 Å². The zero-order valence-corrected chi connectivity index (χ0v) is 15.6. The number of aliphatic hydroxyl groups is 1. The van der Waals surface area contributed by atoms with Crippen molar-refractivity contribution in [3.05, 3.63) is 34.4 Å². The Balaban J connectivity index is 3.85. The van der Waals surface area contributed by atoms with E-state index in [0.717, 1.165) is 12.8 Å². The standard InChI is InChI=1S/C20H34NO4/c1-2-3-4-5-6-7-8-9-10-11-12-13-16-19(21(24)25)20(23)17-14-15-18-22/h9-10,12-13,19-20,23H,2-8,11,14-17H2,1H3/b10-9-,13-12-. The number of hydrogen-bond acceptors (Lipinski definition) is 4. The molecule has 0 fully saturated rings. The summed E-state index contributed by atoms with van der Waals surface area (Å²) in [6.07, 6.45) is 19.3. The van der Waals surface area contributed by atoms with Crippen LogP contribution in [0, 0.1) is 10.1 Å². The van der Waals surface area contributed by atoms with E-state index in [9.17, 15) is 20.0 Å². The van der Waals surface area contributed by atoms with Crippen LogP contribution in [0.15, 0.2) is 24.3 Å². The van der Waals surface area contributed by atoms with Crippen LogP contribution >= 0.6 is 0 Å². The van der Waals surface area contributed by atoms with Gasteiger partial charge in [-0.1, -0.05) is 63.3 Å². The summed E-state index contributed by atoms with van der Waals surface area (Å²) in [5.74, 6) is 0. The fraction of sp³-hybridized carbons (Fsp3) is 0.750. The largest absolute Gasteiger partial charge is 0.386 e. The van der Waals surface area contributed by atoms with E-state index in [1.807, 2.05) is 6.08 Å². The van der Waals surface area contributed by atoms with E-state index < -0.39 is 17.1 Å². The predicted molar refractivity (Wildman–Crippen MR) is 102 cm³/mol. The van der Waals surface area contributed by atoms with Crippen LogP contribution < -0.4 is 0 Å². The number of nitro groups is 1. The highest BCUT2D eigenvalue weighted by molar-refractivity contribution is 5.50. The molecule has 0 aliphatic heterocycles. The topological polar surface area (TPSA) is 80.4 Å². The fourth-order valence-electron chi connectivity index (χ4n) is 2.63. The van der Waals surface area contributed by atoms with Crippen molar-refractivity contribution in [2.24, 2.45) is 0 Å². The lowest BCUT2D eigenvalue weighted by molar-refractivity contribution is -0.533. The van der Waals surface area contributed by atoms with Gasteiger partial charge in [-0.2, -0.15) is 0 Å². The molecule has 0 aliphatic rings. The van der Waals surface area contributed by atoms with Crippen LogP contribution in [-0.4, -0.2) is 28.5 Å². The Labute approximate surface area is 152 Å². The molecule has 0 aromatic carbocycles. The third-order valence-corrected chi connectivity index (χ3v) is 4.20. The molecule has 0 bridgehead atoms. The molecule has 0 rings (SSSR count). The van der Waals surface area contributed by atoms with Gasteiger partial charge in [-0.15, -0.1) is 0 Å². The average molecular weight is 352 g/mol. The molecular formula is C20H34NO4. The van der Waals surface area contributed by atoms with Crippen LogP contribution in [0.4, 0.5) is 0 Å². The average Bonchev–Trinajstić information content (AvgIpc) is 2.58. The van der Waals surface area contributed by atoms with Gasteiger partial charge in [-0.25, -0.2) is 0 Å². The highest BCUT2D eigenvalue weighted by atomic mass is 16.6. The van der Waals surface area contributed by atoms with E-state index in [2.05, 4.69) is 19.1 Å². The number of allylic oxidation sites excluding steroid dienone is 3. The van der Waals surface area contributed by atoms with Gasteiger partial charge in [0, 0.05) is 17.8 Å². The maximum Gasteiger partial charge on any atom is 0.241 e. The third kappa shape index (κ3) is 14.6. The minimum atomic E-state index is -1.02. The van der Waals surface area contributed by atoms with Gasteiger partial charge in [0.15, 0.2) is 6.29 Å². The van der Waals surface area contributed by atoms with Crippen molar-refractivity contribution in [3.8, 4) is 0 Å². The molecule has 5 heteroatoms. The SMILES string of the molecule is CCCCCCCC/C=C\C/C=C\CC(C(O)CCC[C]=O)[N+](=O)[O-]. The van der Waals surface area contributed by atoms with Crippen molar-refractivity contribution in [2.75, 3.05) is 0 Å². The van der Waals surface area contributed by atoms with Gasteiger partial charge < -0.3 is 5.11 Å². The van der Waals surface area contributed by atoms with E-state index >= 15 is 0 Å². The van der Waals surface area contributed by atoms with Crippen molar-refractivity contribution in [3.63, 3.8) is 0 Å². The fourth-order valence-corrected chi connectivity index (χ4v) is 2.63. The molecule has 0 spiro atoms. The second-order valence-electron chi connectivity index (χ2n) is 6.43. The van der Waals surface area contributed by atoms with Gasteiger partial charge in [-0.3, -0.25) is 14.9 Å². The number of carbonyl (C=O) groups excluding carboxylic acids is 1. The van der Waals surface area contributed by atoms with E-state index in [1.54, 1.807) is 12.4 Å². The number of unbranched alkanes of at least 4 members (excludes halogenated alkanes) is 7. The molecule has 1 radical (unpaired) electrons. The summed E-state index contributed by atoms with van der Waals surface area (Å²) in [7, 11) is 0. The van der Waals surface area contributed by atoms with Crippen LogP contribution in [0.1, 0.15) is 84.0 Å². The van der Waals surface area contributed by atoms with E-state index in [4.69, 9.17) is 0 Å². The van der Waals surface area contributed by atoms with E-state index in [-0.39, 0.29) is 19.3 Å².